The Balaban J connectivity index is 2.17. The first-order valence-electron chi connectivity index (χ1n) is 4.28. The number of anilines is 2. The van der Waals surface area contributed by atoms with E-state index in [-0.39, 0.29) is 0 Å². The second kappa shape index (κ2) is 3.83. The molecule has 2 aromatic rings. The molecule has 1 aromatic carbocycles. The van der Waals surface area contributed by atoms with Gasteiger partial charge in [0.2, 0.25) is 0 Å². The highest BCUT2D eigenvalue weighted by atomic mass is 16.5. The van der Waals surface area contributed by atoms with Crippen LogP contribution in [0.4, 0.5) is 11.5 Å². The van der Waals surface area contributed by atoms with Crippen LogP contribution < -0.4 is 10.1 Å². The summed E-state index contributed by atoms with van der Waals surface area (Å²) in [6.45, 7) is 0. The van der Waals surface area contributed by atoms with Crippen molar-refractivity contribution in [1.82, 2.24) is 9.97 Å². The number of benzene rings is 1. The Hall–Kier alpha value is -1.97. The minimum absolute atomic E-state index is 0.828. The molecule has 4 heteroatoms. The molecule has 4 nitrogen and oxygen atoms in total. The average Bonchev–Trinajstić information content (AvgIpc) is 2.71. The fourth-order valence-electron chi connectivity index (χ4n) is 1.18. The lowest BCUT2D eigenvalue weighted by molar-refractivity contribution is 0.415. The van der Waals surface area contributed by atoms with Crippen molar-refractivity contribution in [2.45, 2.75) is 0 Å². The maximum Gasteiger partial charge on any atom is 0.127 e. The summed E-state index contributed by atoms with van der Waals surface area (Å²) >= 11 is 0. The summed E-state index contributed by atoms with van der Waals surface area (Å²) in [5.41, 5.74) is 0.966. The number of hydrogen-bond acceptors (Lipinski definition) is 3. The van der Waals surface area contributed by atoms with E-state index in [1.165, 1.54) is 0 Å². The zero-order chi connectivity index (χ0) is 9.80. The number of methoxy groups -OCH3 is 1. The van der Waals surface area contributed by atoms with Gasteiger partial charge in [0.25, 0.3) is 0 Å². The molecule has 0 atom stereocenters. The number of imidazole rings is 1. The lowest BCUT2D eigenvalue weighted by Crippen LogP contribution is -1.90. The van der Waals surface area contributed by atoms with Crippen LogP contribution in [0.25, 0.3) is 0 Å². The van der Waals surface area contributed by atoms with Gasteiger partial charge in [0, 0.05) is 11.8 Å². The average molecular weight is 189 g/mol. The first-order chi connectivity index (χ1) is 6.88. The SMILES string of the molecule is COc1cccc(Nc2cnc[nH]2)c1. The van der Waals surface area contributed by atoms with Crippen molar-refractivity contribution < 1.29 is 4.74 Å². The number of nitrogens with one attached hydrogen (secondary N) is 2. The second-order valence-corrected chi connectivity index (χ2v) is 2.82. The molecule has 0 saturated heterocycles. The molecule has 2 N–H and O–H groups in total. The van der Waals surface area contributed by atoms with Gasteiger partial charge in [0.05, 0.1) is 19.6 Å². The molecule has 0 unspecified atom stereocenters. The van der Waals surface area contributed by atoms with Crippen LogP contribution in [0, 0.1) is 0 Å². The normalized spacial score (nSPS) is 9.79. The number of aromatic nitrogens is 2. The Morgan fingerprint density at radius 2 is 2.36 bits per heavy atom. The van der Waals surface area contributed by atoms with Gasteiger partial charge in [-0.25, -0.2) is 4.98 Å². The first-order valence-corrected chi connectivity index (χ1v) is 4.28. The van der Waals surface area contributed by atoms with Gasteiger partial charge in [-0.15, -0.1) is 0 Å². The van der Waals surface area contributed by atoms with Crippen LogP contribution in [0.5, 0.6) is 5.75 Å². The molecule has 0 aliphatic carbocycles. The van der Waals surface area contributed by atoms with Gasteiger partial charge < -0.3 is 15.0 Å². The van der Waals surface area contributed by atoms with Crippen molar-refractivity contribution in [3.8, 4) is 5.75 Å². The smallest absolute Gasteiger partial charge is 0.127 e. The van der Waals surface area contributed by atoms with Gasteiger partial charge in [-0.2, -0.15) is 0 Å². The van der Waals surface area contributed by atoms with Crippen LogP contribution in [0.2, 0.25) is 0 Å². The van der Waals surface area contributed by atoms with E-state index in [1.54, 1.807) is 19.6 Å². The number of rotatable bonds is 3. The largest absolute Gasteiger partial charge is 0.497 e. The summed E-state index contributed by atoms with van der Waals surface area (Å²) < 4.78 is 5.11. The monoisotopic (exact) mass is 189 g/mol. The summed E-state index contributed by atoms with van der Waals surface area (Å²) in [5.74, 6) is 1.69. The van der Waals surface area contributed by atoms with E-state index in [2.05, 4.69) is 15.3 Å². The molecular weight excluding hydrogens is 178 g/mol. The van der Waals surface area contributed by atoms with Crippen LogP contribution in [0.3, 0.4) is 0 Å². The molecule has 0 amide bonds. The van der Waals surface area contributed by atoms with Crippen molar-refractivity contribution in [2.75, 3.05) is 12.4 Å². The predicted molar refractivity (Wildman–Crippen MR) is 54.9 cm³/mol. The second-order valence-electron chi connectivity index (χ2n) is 2.82. The molecule has 0 spiro atoms. The van der Waals surface area contributed by atoms with Gasteiger partial charge in [-0.1, -0.05) is 6.07 Å². The van der Waals surface area contributed by atoms with Crippen LogP contribution in [0.15, 0.2) is 36.8 Å². The van der Waals surface area contributed by atoms with E-state index in [9.17, 15) is 0 Å². The molecule has 0 aliphatic heterocycles. The Bertz CT molecular complexity index is 398. The Labute approximate surface area is 81.9 Å². The van der Waals surface area contributed by atoms with Gasteiger partial charge >= 0.3 is 0 Å². The van der Waals surface area contributed by atoms with E-state index >= 15 is 0 Å². The van der Waals surface area contributed by atoms with Gasteiger partial charge in [-0.3, -0.25) is 0 Å². The first kappa shape index (κ1) is 8.62. The molecule has 0 fully saturated rings. The van der Waals surface area contributed by atoms with Gasteiger partial charge in [0.15, 0.2) is 0 Å². The molecule has 2 rings (SSSR count). The lowest BCUT2D eigenvalue weighted by Gasteiger charge is -2.05. The molecule has 72 valence electrons. The lowest BCUT2D eigenvalue weighted by atomic mass is 10.3. The third-order valence-corrected chi connectivity index (χ3v) is 1.85. The third kappa shape index (κ3) is 1.85. The molecule has 0 bridgehead atoms. The number of ether oxygens (including phenoxy) is 1. The maximum absolute atomic E-state index is 5.11. The fraction of sp³-hybridized carbons (Fsp3) is 0.100. The molecule has 0 aliphatic rings. The summed E-state index contributed by atoms with van der Waals surface area (Å²) in [4.78, 5) is 6.87. The highest BCUT2D eigenvalue weighted by Gasteiger charge is 1.96. The van der Waals surface area contributed by atoms with Gasteiger partial charge in [0.1, 0.15) is 11.6 Å². The van der Waals surface area contributed by atoms with Crippen LogP contribution in [0.1, 0.15) is 0 Å². The Morgan fingerprint density at radius 3 is 3.07 bits per heavy atom. The standard InChI is InChI=1S/C10H11N3O/c1-14-9-4-2-3-8(5-9)13-10-6-11-7-12-10/h2-7,13H,1H3,(H,11,12). The predicted octanol–water partition coefficient (Wildman–Crippen LogP) is 2.16. The highest BCUT2D eigenvalue weighted by molar-refractivity contribution is 5.57. The van der Waals surface area contributed by atoms with Crippen LogP contribution in [-0.2, 0) is 0 Å². The van der Waals surface area contributed by atoms with E-state index in [0.29, 0.717) is 0 Å². The summed E-state index contributed by atoms with van der Waals surface area (Å²) in [7, 11) is 1.65. The minimum Gasteiger partial charge on any atom is -0.497 e. The van der Waals surface area contributed by atoms with E-state index in [0.717, 1.165) is 17.3 Å². The number of aromatic amines is 1. The molecule has 0 saturated carbocycles. The van der Waals surface area contributed by atoms with E-state index in [1.807, 2.05) is 24.3 Å². The number of H-pyrrole nitrogens is 1. The van der Waals surface area contributed by atoms with Crippen LogP contribution in [-0.4, -0.2) is 17.1 Å². The third-order valence-electron chi connectivity index (χ3n) is 1.85. The quantitative estimate of drug-likeness (QED) is 0.777. The summed E-state index contributed by atoms with van der Waals surface area (Å²) in [5, 5.41) is 3.16. The zero-order valence-corrected chi connectivity index (χ0v) is 7.82. The summed E-state index contributed by atoms with van der Waals surface area (Å²) in [6, 6.07) is 7.71. The van der Waals surface area contributed by atoms with Gasteiger partial charge in [-0.05, 0) is 12.1 Å². The van der Waals surface area contributed by atoms with Crippen molar-refractivity contribution in [3.05, 3.63) is 36.8 Å². The Kier molecular flexibility index (Phi) is 2.36. The Morgan fingerprint density at radius 1 is 1.43 bits per heavy atom. The fourth-order valence-corrected chi connectivity index (χ4v) is 1.18. The van der Waals surface area contributed by atoms with E-state index < -0.39 is 0 Å². The zero-order valence-electron chi connectivity index (χ0n) is 7.82. The minimum atomic E-state index is 0.828. The number of hydrogen-bond donors (Lipinski definition) is 2. The summed E-state index contributed by atoms with van der Waals surface area (Å²) in [6.07, 6.45) is 3.35. The van der Waals surface area contributed by atoms with Crippen LogP contribution >= 0.6 is 0 Å². The van der Waals surface area contributed by atoms with Crippen molar-refractivity contribution >= 4 is 11.5 Å². The molecule has 1 aromatic heterocycles. The topological polar surface area (TPSA) is 49.9 Å². The highest BCUT2D eigenvalue weighted by Crippen LogP contribution is 2.19. The maximum atomic E-state index is 5.11. The van der Waals surface area contributed by atoms with E-state index in [4.69, 9.17) is 4.74 Å². The van der Waals surface area contributed by atoms with Crippen molar-refractivity contribution in [2.24, 2.45) is 0 Å². The van der Waals surface area contributed by atoms with Crippen molar-refractivity contribution in [1.29, 1.82) is 0 Å². The molecule has 1 heterocycles. The van der Waals surface area contributed by atoms with Crippen molar-refractivity contribution in [3.63, 3.8) is 0 Å². The number of nitrogens with zero attached hydrogens (tertiary/aromatic N) is 1. The molecule has 0 radical (unpaired) electrons. The molecule has 14 heavy (non-hydrogen) atoms. The molecular formula is C10H11N3O.